The predicted molar refractivity (Wildman–Crippen MR) is 154 cm³/mol. The molecule has 0 radical (unpaired) electrons. The van der Waals surface area contributed by atoms with E-state index in [4.69, 9.17) is 0 Å². The summed E-state index contributed by atoms with van der Waals surface area (Å²) in [6.45, 7) is 3.78. The van der Waals surface area contributed by atoms with Crippen molar-refractivity contribution >= 4 is 29.1 Å². The third-order valence-electron chi connectivity index (χ3n) is 8.16. The van der Waals surface area contributed by atoms with Crippen LogP contribution in [0.1, 0.15) is 45.5 Å². The van der Waals surface area contributed by atoms with E-state index in [9.17, 15) is 22.4 Å². The van der Waals surface area contributed by atoms with Gasteiger partial charge in [0.05, 0.1) is 17.8 Å². The lowest BCUT2D eigenvalue weighted by Crippen LogP contribution is -2.51. The van der Waals surface area contributed by atoms with Crippen LogP contribution in [0.25, 0.3) is 0 Å². The Hall–Kier alpha value is -4.14. The number of amides is 1. The first kappa shape index (κ1) is 28.0. The number of likely N-dealkylation sites (tertiary alicyclic amines) is 1. The Morgan fingerprint density at radius 2 is 1.88 bits per heavy atom. The fraction of sp³-hybridized carbons (Fsp3) is 0.355. The second-order valence-corrected chi connectivity index (χ2v) is 11.1. The number of halogens is 4. The lowest BCUT2D eigenvalue weighted by atomic mass is 10.0. The number of rotatable bonds is 4. The molecular weight excluding hydrogens is 548 g/mol. The highest BCUT2D eigenvalue weighted by Crippen LogP contribution is 2.37. The number of nitrogens with zero attached hydrogens (tertiary/aromatic N) is 4. The van der Waals surface area contributed by atoms with Crippen LogP contribution in [0.3, 0.4) is 0 Å². The monoisotopic (exact) mass is 578 g/mol. The van der Waals surface area contributed by atoms with Gasteiger partial charge in [-0.25, -0.2) is 4.99 Å². The summed E-state index contributed by atoms with van der Waals surface area (Å²) in [5.41, 5.74) is 1.80. The summed E-state index contributed by atoms with van der Waals surface area (Å²) in [7, 11) is 2.05. The zero-order valence-corrected chi connectivity index (χ0v) is 23.2. The van der Waals surface area contributed by atoms with Crippen molar-refractivity contribution < 1.29 is 22.4 Å². The number of carbonyl (C=O) groups is 1. The number of piperazine rings is 1. The van der Waals surface area contributed by atoms with Crippen LogP contribution in [0, 0.1) is 18.9 Å². The van der Waals surface area contributed by atoms with Gasteiger partial charge in [-0.2, -0.15) is 17.6 Å². The van der Waals surface area contributed by atoms with Crippen molar-refractivity contribution in [2.75, 3.05) is 37.3 Å². The van der Waals surface area contributed by atoms with Gasteiger partial charge in [-0.15, -0.1) is 0 Å². The van der Waals surface area contributed by atoms with E-state index < -0.39 is 23.6 Å². The number of alkyl halides is 3. The van der Waals surface area contributed by atoms with Crippen LogP contribution < -0.4 is 10.6 Å². The summed E-state index contributed by atoms with van der Waals surface area (Å²) in [4.78, 5) is 21.4. The van der Waals surface area contributed by atoms with Gasteiger partial charge in [-0.05, 0) is 74.2 Å². The number of nitrogens with one attached hydrogen (secondary N) is 2. The van der Waals surface area contributed by atoms with Crippen LogP contribution >= 0.6 is 0 Å². The number of anilines is 2. The van der Waals surface area contributed by atoms with Gasteiger partial charge in [0.25, 0.3) is 5.91 Å². The normalized spacial score (nSPS) is 20.3. The van der Waals surface area contributed by atoms with Gasteiger partial charge in [0.2, 0.25) is 5.97 Å². The molecule has 6 rings (SSSR count). The van der Waals surface area contributed by atoms with Crippen LogP contribution in [-0.4, -0.2) is 65.0 Å². The molecule has 218 valence electrons. The first-order valence-corrected chi connectivity index (χ1v) is 13.8. The molecule has 2 saturated heterocycles. The highest BCUT2D eigenvalue weighted by molar-refractivity contribution is 6.04. The number of benzene rings is 2. The van der Waals surface area contributed by atoms with Gasteiger partial charge in [0, 0.05) is 60.8 Å². The molecule has 2 unspecified atom stereocenters. The summed E-state index contributed by atoms with van der Waals surface area (Å²) in [5.74, 6) is 2.24. The standard InChI is InChI=1S/C31H30F4N6O/c1-19-3-4-21(13-20(19)9-11-40-12-10-27-29(40)38-28(32)15-36-27)30(42)37-23-6-5-22(26(14-23)31(33,34)35)16-41-24-7-8-25(41)18-39(2)17-24/h3-6,10,12-14,24-25,36H,7-8,15-18H2,1-2H3,(H,37,42). The quantitative estimate of drug-likeness (QED) is 0.311. The molecule has 3 aliphatic heterocycles. The Bertz CT molecular complexity index is 1620. The van der Waals surface area contributed by atoms with E-state index in [1.807, 2.05) is 6.92 Å². The van der Waals surface area contributed by atoms with Crippen LogP contribution in [0.2, 0.25) is 0 Å². The predicted octanol–water partition coefficient (Wildman–Crippen LogP) is 5.63. The molecule has 0 saturated carbocycles. The van der Waals surface area contributed by atoms with E-state index in [2.05, 4.69) is 44.4 Å². The van der Waals surface area contributed by atoms with Crippen molar-refractivity contribution in [3.05, 3.63) is 76.5 Å². The Kier molecular flexibility index (Phi) is 7.29. The maximum absolute atomic E-state index is 14.2. The lowest BCUT2D eigenvalue weighted by molar-refractivity contribution is -0.138. The highest BCUT2D eigenvalue weighted by Gasteiger charge is 2.40. The fourth-order valence-corrected chi connectivity index (χ4v) is 6.02. The number of aliphatic imine (C=N–C) groups is 1. The molecule has 2 aromatic carbocycles. The SMILES string of the molecule is Cc1ccc(C(=O)Nc2ccc(CN3C4CCC3CN(C)C4)c(C(F)(F)F)c2)cc1C#Cn1ccc2c1N=C(F)CN2. The van der Waals surface area contributed by atoms with Gasteiger partial charge in [-0.1, -0.05) is 12.1 Å². The molecule has 1 amide bonds. The molecular formula is C31H30F4N6O. The summed E-state index contributed by atoms with van der Waals surface area (Å²) in [6.07, 6.45) is -0.918. The van der Waals surface area contributed by atoms with Gasteiger partial charge < -0.3 is 15.5 Å². The Labute approximate surface area is 241 Å². The average molecular weight is 579 g/mol. The third-order valence-corrected chi connectivity index (χ3v) is 8.16. The first-order valence-electron chi connectivity index (χ1n) is 13.8. The minimum absolute atomic E-state index is 0.0189. The lowest BCUT2D eigenvalue weighted by Gasteiger charge is -2.39. The topological polar surface area (TPSA) is 64.9 Å². The smallest absolute Gasteiger partial charge is 0.374 e. The van der Waals surface area contributed by atoms with E-state index in [1.54, 1.807) is 30.5 Å². The van der Waals surface area contributed by atoms with E-state index in [1.165, 1.54) is 16.7 Å². The molecule has 0 aliphatic carbocycles. The Balaban J connectivity index is 1.21. The van der Waals surface area contributed by atoms with Crippen molar-refractivity contribution in [2.45, 2.75) is 44.6 Å². The molecule has 11 heteroatoms. The van der Waals surface area contributed by atoms with Crippen molar-refractivity contribution in [3.8, 4) is 12.0 Å². The molecule has 2 bridgehead atoms. The molecule has 7 nitrogen and oxygen atoms in total. The van der Waals surface area contributed by atoms with Gasteiger partial charge >= 0.3 is 6.18 Å². The maximum atomic E-state index is 14.2. The number of hydrogen-bond donors (Lipinski definition) is 2. The number of fused-ring (bicyclic) bond motifs is 3. The number of likely N-dealkylation sites (N-methyl/N-ethyl adjacent to an activating group) is 1. The summed E-state index contributed by atoms with van der Waals surface area (Å²) in [6, 6.07) is 14.1. The minimum atomic E-state index is -4.56. The summed E-state index contributed by atoms with van der Waals surface area (Å²) >= 11 is 0. The van der Waals surface area contributed by atoms with Crippen LogP contribution in [0.4, 0.5) is 34.8 Å². The summed E-state index contributed by atoms with van der Waals surface area (Å²) < 4.78 is 57.6. The Morgan fingerprint density at radius 1 is 1.12 bits per heavy atom. The van der Waals surface area contributed by atoms with E-state index in [-0.39, 0.29) is 42.0 Å². The number of aryl methyl sites for hydroxylation is 1. The van der Waals surface area contributed by atoms with Gasteiger partial charge in [-0.3, -0.25) is 14.3 Å². The van der Waals surface area contributed by atoms with Crippen LogP contribution in [0.15, 0.2) is 53.7 Å². The summed E-state index contributed by atoms with van der Waals surface area (Å²) in [5, 5.41) is 5.53. The van der Waals surface area contributed by atoms with E-state index in [0.717, 1.165) is 37.6 Å². The largest absolute Gasteiger partial charge is 0.416 e. The fourth-order valence-electron chi connectivity index (χ4n) is 6.02. The number of carbonyl (C=O) groups excluding carboxylic acids is 1. The third kappa shape index (κ3) is 5.65. The van der Waals surface area contributed by atoms with E-state index in [0.29, 0.717) is 17.1 Å². The zero-order valence-electron chi connectivity index (χ0n) is 23.2. The maximum Gasteiger partial charge on any atom is 0.416 e. The van der Waals surface area contributed by atoms with Crippen molar-refractivity contribution in [3.63, 3.8) is 0 Å². The van der Waals surface area contributed by atoms with Gasteiger partial charge in [0.1, 0.15) is 0 Å². The first-order chi connectivity index (χ1) is 20.0. The molecule has 2 N–H and O–H groups in total. The molecule has 4 heterocycles. The molecule has 3 aromatic rings. The molecule has 1 aromatic heterocycles. The van der Waals surface area contributed by atoms with Crippen LogP contribution in [0.5, 0.6) is 0 Å². The molecule has 2 atom stereocenters. The molecule has 2 fully saturated rings. The molecule has 0 spiro atoms. The minimum Gasteiger partial charge on any atom is -0.374 e. The second kappa shape index (κ2) is 10.9. The van der Waals surface area contributed by atoms with Crippen molar-refractivity contribution in [2.24, 2.45) is 4.99 Å². The highest BCUT2D eigenvalue weighted by atomic mass is 19.4. The average Bonchev–Trinajstić information content (AvgIpc) is 3.44. The second-order valence-electron chi connectivity index (χ2n) is 11.1. The van der Waals surface area contributed by atoms with Crippen LogP contribution in [-0.2, 0) is 12.7 Å². The van der Waals surface area contributed by atoms with E-state index >= 15 is 0 Å². The zero-order chi connectivity index (χ0) is 29.6. The molecule has 3 aliphatic rings. The van der Waals surface area contributed by atoms with Gasteiger partial charge in [0.15, 0.2) is 5.82 Å². The number of aromatic nitrogens is 1. The number of hydrogen-bond acceptors (Lipinski definition) is 5. The Morgan fingerprint density at radius 3 is 2.62 bits per heavy atom. The van der Waals surface area contributed by atoms with Crippen molar-refractivity contribution in [1.29, 1.82) is 0 Å². The molecule has 42 heavy (non-hydrogen) atoms. The van der Waals surface area contributed by atoms with Crippen molar-refractivity contribution in [1.82, 2.24) is 14.4 Å².